The van der Waals surface area contributed by atoms with Gasteiger partial charge in [-0.15, -0.1) is 0 Å². The molecule has 15 heavy (non-hydrogen) atoms. The summed E-state index contributed by atoms with van der Waals surface area (Å²) in [5.74, 6) is 0.860. The molecule has 0 saturated carbocycles. The summed E-state index contributed by atoms with van der Waals surface area (Å²) < 4.78 is 5.55. The van der Waals surface area contributed by atoms with Crippen LogP contribution >= 0.6 is 0 Å². The lowest BCUT2D eigenvalue weighted by Gasteiger charge is -2.05. The number of nitrogens with zero attached hydrogens (tertiary/aromatic N) is 1. The highest BCUT2D eigenvalue weighted by molar-refractivity contribution is 5.46. The van der Waals surface area contributed by atoms with Crippen molar-refractivity contribution in [2.45, 2.75) is 32.6 Å². The fraction of sp³-hybridized carbons (Fsp3) is 0.462. The van der Waals surface area contributed by atoms with E-state index in [4.69, 9.17) is 11.3 Å². The summed E-state index contributed by atoms with van der Waals surface area (Å²) in [5, 5.41) is 0. The highest BCUT2D eigenvalue weighted by atomic mass is 16.5. The zero-order valence-corrected chi connectivity index (χ0v) is 9.20. The Morgan fingerprint density at radius 3 is 2.47 bits per heavy atom. The Kier molecular flexibility index (Phi) is 5.32. The van der Waals surface area contributed by atoms with E-state index in [1.807, 2.05) is 12.1 Å². The van der Waals surface area contributed by atoms with E-state index in [-0.39, 0.29) is 0 Å². The molecule has 2 nitrogen and oxygen atoms in total. The third kappa shape index (κ3) is 4.51. The molecule has 2 heteroatoms. The lowest BCUT2D eigenvalue weighted by atomic mass is 10.2. The van der Waals surface area contributed by atoms with Crippen molar-refractivity contribution in [3.05, 3.63) is 35.7 Å². The summed E-state index contributed by atoms with van der Waals surface area (Å²) in [4.78, 5) is 3.33. The average Bonchev–Trinajstić information content (AvgIpc) is 2.30. The highest BCUT2D eigenvalue weighted by Gasteiger charge is 1.94. The second-order valence-corrected chi connectivity index (χ2v) is 3.51. The maximum Gasteiger partial charge on any atom is 0.187 e. The molecule has 0 heterocycles. The third-order valence-corrected chi connectivity index (χ3v) is 2.23. The summed E-state index contributed by atoms with van der Waals surface area (Å²) >= 11 is 0. The van der Waals surface area contributed by atoms with Crippen LogP contribution in [0.5, 0.6) is 5.75 Å². The first-order chi connectivity index (χ1) is 7.36. The standard InChI is InChI=1S/C13H17NO/c1-3-4-5-6-11-15-13-9-7-12(14-2)8-10-13/h7-10H,3-6,11H2,1H3. The van der Waals surface area contributed by atoms with Gasteiger partial charge in [-0.25, -0.2) is 4.85 Å². The van der Waals surface area contributed by atoms with Crippen LogP contribution in [0.2, 0.25) is 0 Å². The van der Waals surface area contributed by atoms with E-state index in [2.05, 4.69) is 11.8 Å². The predicted molar refractivity (Wildman–Crippen MR) is 62.3 cm³/mol. The molecule has 0 radical (unpaired) electrons. The van der Waals surface area contributed by atoms with Crippen LogP contribution < -0.4 is 4.74 Å². The second kappa shape index (κ2) is 6.89. The van der Waals surface area contributed by atoms with Gasteiger partial charge in [0.05, 0.1) is 13.2 Å². The lowest BCUT2D eigenvalue weighted by Crippen LogP contribution is -1.96. The molecular formula is C13H17NO. The van der Waals surface area contributed by atoms with Crippen LogP contribution in [-0.2, 0) is 0 Å². The van der Waals surface area contributed by atoms with Crippen LogP contribution in [0.4, 0.5) is 5.69 Å². The number of ether oxygens (including phenoxy) is 1. The van der Waals surface area contributed by atoms with Crippen LogP contribution in [0.15, 0.2) is 24.3 Å². The van der Waals surface area contributed by atoms with Crippen molar-refractivity contribution in [1.82, 2.24) is 0 Å². The molecular weight excluding hydrogens is 186 g/mol. The van der Waals surface area contributed by atoms with Crippen LogP contribution in [-0.4, -0.2) is 6.61 Å². The SMILES string of the molecule is [C-]#[N+]c1ccc(OCCCCCC)cc1. The van der Waals surface area contributed by atoms with E-state index in [0.717, 1.165) is 18.8 Å². The van der Waals surface area contributed by atoms with Gasteiger partial charge in [0.1, 0.15) is 5.75 Å². The number of unbranched alkanes of at least 4 members (excludes halogenated alkanes) is 3. The molecule has 0 spiro atoms. The van der Waals surface area contributed by atoms with Crippen LogP contribution in [0.3, 0.4) is 0 Å². The molecule has 0 amide bonds. The van der Waals surface area contributed by atoms with Crippen molar-refractivity contribution < 1.29 is 4.74 Å². The van der Waals surface area contributed by atoms with Gasteiger partial charge in [-0.1, -0.05) is 38.3 Å². The predicted octanol–water partition coefficient (Wildman–Crippen LogP) is 4.20. The van der Waals surface area contributed by atoms with E-state index in [0.29, 0.717) is 5.69 Å². The van der Waals surface area contributed by atoms with E-state index in [1.54, 1.807) is 12.1 Å². The van der Waals surface area contributed by atoms with Gasteiger partial charge in [0.15, 0.2) is 5.69 Å². The zero-order valence-electron chi connectivity index (χ0n) is 9.20. The Morgan fingerprint density at radius 1 is 1.13 bits per heavy atom. The molecule has 0 aliphatic rings. The molecule has 1 aromatic carbocycles. The average molecular weight is 203 g/mol. The molecule has 0 aliphatic carbocycles. The Labute approximate surface area is 91.7 Å². The van der Waals surface area contributed by atoms with Crippen molar-refractivity contribution in [3.8, 4) is 5.75 Å². The maximum absolute atomic E-state index is 6.81. The number of benzene rings is 1. The van der Waals surface area contributed by atoms with Gasteiger partial charge in [0.25, 0.3) is 0 Å². The Morgan fingerprint density at radius 2 is 1.87 bits per heavy atom. The van der Waals surface area contributed by atoms with E-state index in [1.165, 1.54) is 19.3 Å². The van der Waals surface area contributed by atoms with Crippen LogP contribution in [0, 0.1) is 6.57 Å². The Bertz CT molecular complexity index is 310. The molecule has 0 unspecified atom stereocenters. The first kappa shape index (κ1) is 11.6. The normalized spacial score (nSPS) is 9.60. The van der Waals surface area contributed by atoms with Gasteiger partial charge >= 0.3 is 0 Å². The molecule has 0 aliphatic heterocycles. The molecule has 0 atom stereocenters. The van der Waals surface area contributed by atoms with Gasteiger partial charge in [0.2, 0.25) is 0 Å². The maximum atomic E-state index is 6.81. The minimum atomic E-state index is 0.660. The fourth-order valence-electron chi connectivity index (χ4n) is 1.34. The van der Waals surface area contributed by atoms with Gasteiger partial charge < -0.3 is 4.74 Å². The van der Waals surface area contributed by atoms with Gasteiger partial charge in [-0.2, -0.15) is 0 Å². The van der Waals surface area contributed by atoms with Crippen molar-refractivity contribution in [2.75, 3.05) is 6.61 Å². The first-order valence-corrected chi connectivity index (χ1v) is 5.47. The van der Waals surface area contributed by atoms with Gasteiger partial charge in [-0.05, 0) is 18.6 Å². The second-order valence-electron chi connectivity index (χ2n) is 3.51. The van der Waals surface area contributed by atoms with Gasteiger partial charge in [0, 0.05) is 0 Å². The Hall–Kier alpha value is -1.49. The van der Waals surface area contributed by atoms with Crippen molar-refractivity contribution in [3.63, 3.8) is 0 Å². The molecule has 1 aromatic rings. The number of hydrogen-bond donors (Lipinski definition) is 0. The van der Waals surface area contributed by atoms with Crippen LogP contribution in [0.1, 0.15) is 32.6 Å². The molecule has 0 saturated heterocycles. The van der Waals surface area contributed by atoms with Crippen LogP contribution in [0.25, 0.3) is 4.85 Å². The summed E-state index contributed by atoms with van der Waals surface area (Å²) in [7, 11) is 0. The summed E-state index contributed by atoms with van der Waals surface area (Å²) in [6, 6.07) is 7.28. The Balaban J connectivity index is 2.23. The smallest absolute Gasteiger partial charge is 0.187 e. The topological polar surface area (TPSA) is 13.6 Å². The first-order valence-electron chi connectivity index (χ1n) is 5.47. The molecule has 0 bridgehead atoms. The molecule has 0 fully saturated rings. The summed E-state index contributed by atoms with van der Waals surface area (Å²) in [5.41, 5.74) is 0.660. The number of rotatable bonds is 6. The molecule has 0 aromatic heterocycles. The quantitative estimate of drug-likeness (QED) is 0.499. The molecule has 80 valence electrons. The highest BCUT2D eigenvalue weighted by Crippen LogP contribution is 2.18. The van der Waals surface area contributed by atoms with E-state index < -0.39 is 0 Å². The zero-order chi connectivity index (χ0) is 10.9. The minimum absolute atomic E-state index is 0.660. The van der Waals surface area contributed by atoms with E-state index >= 15 is 0 Å². The van der Waals surface area contributed by atoms with Crippen molar-refractivity contribution >= 4 is 5.69 Å². The minimum Gasteiger partial charge on any atom is -0.494 e. The third-order valence-electron chi connectivity index (χ3n) is 2.23. The summed E-state index contributed by atoms with van der Waals surface area (Å²) in [6.07, 6.45) is 4.87. The lowest BCUT2D eigenvalue weighted by molar-refractivity contribution is 0.305. The fourth-order valence-corrected chi connectivity index (χ4v) is 1.34. The van der Waals surface area contributed by atoms with Crippen molar-refractivity contribution in [1.29, 1.82) is 0 Å². The molecule has 0 N–H and O–H groups in total. The monoisotopic (exact) mass is 203 g/mol. The van der Waals surface area contributed by atoms with E-state index in [9.17, 15) is 0 Å². The molecule has 1 rings (SSSR count). The van der Waals surface area contributed by atoms with Gasteiger partial charge in [-0.3, -0.25) is 0 Å². The number of hydrogen-bond acceptors (Lipinski definition) is 1. The largest absolute Gasteiger partial charge is 0.494 e. The summed E-state index contributed by atoms with van der Waals surface area (Å²) in [6.45, 7) is 9.79. The van der Waals surface area contributed by atoms with Crippen molar-refractivity contribution in [2.24, 2.45) is 0 Å².